The zero-order valence-corrected chi connectivity index (χ0v) is 16.8. The Balaban J connectivity index is 1.65. The number of benzene rings is 2. The van der Waals surface area contributed by atoms with E-state index in [1.807, 2.05) is 48.3 Å². The van der Waals surface area contributed by atoms with E-state index < -0.39 is 0 Å². The molecule has 2 aromatic rings. The predicted octanol–water partition coefficient (Wildman–Crippen LogP) is 5.75. The maximum absolute atomic E-state index is 6.06. The van der Waals surface area contributed by atoms with E-state index in [-0.39, 0.29) is 5.54 Å². The zero-order valence-electron chi connectivity index (χ0n) is 16.0. The highest BCUT2D eigenvalue weighted by molar-refractivity contribution is 8.07. The first-order valence-corrected chi connectivity index (χ1v) is 10.8. The molecular formula is C23H28N2OS. The van der Waals surface area contributed by atoms with E-state index in [0.29, 0.717) is 0 Å². The first-order chi connectivity index (χ1) is 13.3. The molecular weight excluding hydrogens is 352 g/mol. The Morgan fingerprint density at radius 3 is 2.56 bits per heavy atom. The van der Waals surface area contributed by atoms with Crippen molar-refractivity contribution in [1.29, 1.82) is 0 Å². The minimum Gasteiger partial charge on any atom is -0.457 e. The summed E-state index contributed by atoms with van der Waals surface area (Å²) in [6.07, 6.45) is 6.47. The molecule has 27 heavy (non-hydrogen) atoms. The Hall–Kier alpha value is -1.75. The Morgan fingerprint density at radius 2 is 1.78 bits per heavy atom. The van der Waals surface area contributed by atoms with Crippen molar-refractivity contribution in [3.8, 4) is 11.5 Å². The van der Waals surface area contributed by atoms with Gasteiger partial charge >= 0.3 is 0 Å². The molecule has 1 saturated carbocycles. The Bertz CT molecular complexity index is 797. The zero-order chi connectivity index (χ0) is 18.5. The first-order valence-electron chi connectivity index (χ1n) is 10.0. The van der Waals surface area contributed by atoms with Crippen LogP contribution in [-0.2, 0) is 0 Å². The number of hydrogen-bond donors (Lipinski definition) is 2. The molecule has 0 aromatic heterocycles. The van der Waals surface area contributed by atoms with Crippen LogP contribution in [0.15, 0.2) is 60.2 Å². The van der Waals surface area contributed by atoms with E-state index in [0.717, 1.165) is 24.6 Å². The standard InChI is InChI=1S/C23H28N2OS/c1-2-24-17-21-22(27-25-23(21)14-7-4-8-15-23)18-10-9-13-20(16-18)26-19-11-5-3-6-12-19/h3,5-6,9-13,16,24-25H,2,4,7-8,14-15,17H2,1H3. The SMILES string of the molecule is CCNCC1=C(c2cccc(Oc3ccccc3)c2)SNC12CCCCC2. The molecule has 0 bridgehead atoms. The van der Waals surface area contributed by atoms with Gasteiger partial charge < -0.3 is 10.1 Å². The number of rotatable bonds is 6. The molecule has 2 N–H and O–H groups in total. The topological polar surface area (TPSA) is 33.3 Å². The van der Waals surface area contributed by atoms with Gasteiger partial charge in [0.15, 0.2) is 0 Å². The highest BCUT2D eigenvalue weighted by Crippen LogP contribution is 2.48. The molecule has 1 fully saturated rings. The van der Waals surface area contributed by atoms with Gasteiger partial charge in [-0.15, -0.1) is 0 Å². The minimum absolute atomic E-state index is 0.163. The molecule has 2 aliphatic rings. The summed E-state index contributed by atoms with van der Waals surface area (Å²) in [5.74, 6) is 1.76. The summed E-state index contributed by atoms with van der Waals surface area (Å²) in [4.78, 5) is 1.37. The average Bonchev–Trinajstić information content (AvgIpc) is 3.05. The largest absolute Gasteiger partial charge is 0.457 e. The molecule has 1 aliphatic carbocycles. The minimum atomic E-state index is 0.163. The molecule has 0 atom stereocenters. The predicted molar refractivity (Wildman–Crippen MR) is 115 cm³/mol. The summed E-state index contributed by atoms with van der Waals surface area (Å²) >= 11 is 1.81. The van der Waals surface area contributed by atoms with Gasteiger partial charge in [0.1, 0.15) is 11.5 Å². The maximum Gasteiger partial charge on any atom is 0.128 e. The smallest absolute Gasteiger partial charge is 0.128 e. The maximum atomic E-state index is 6.06. The van der Waals surface area contributed by atoms with E-state index in [9.17, 15) is 0 Å². The van der Waals surface area contributed by atoms with Crippen molar-refractivity contribution in [3.05, 3.63) is 65.7 Å². The molecule has 142 valence electrons. The lowest BCUT2D eigenvalue weighted by atomic mass is 9.76. The molecule has 4 heteroatoms. The third-order valence-corrected chi connectivity index (χ3v) is 6.71. The van der Waals surface area contributed by atoms with Gasteiger partial charge in [-0.3, -0.25) is 0 Å². The second-order valence-corrected chi connectivity index (χ2v) is 8.19. The lowest BCUT2D eigenvalue weighted by Crippen LogP contribution is -2.44. The average molecular weight is 381 g/mol. The monoisotopic (exact) mass is 380 g/mol. The molecule has 3 nitrogen and oxygen atoms in total. The van der Waals surface area contributed by atoms with Crippen LogP contribution >= 0.6 is 11.9 Å². The van der Waals surface area contributed by atoms with Crippen molar-refractivity contribution in [2.24, 2.45) is 0 Å². The van der Waals surface area contributed by atoms with Crippen LogP contribution in [-0.4, -0.2) is 18.6 Å². The molecule has 1 heterocycles. The fourth-order valence-corrected chi connectivity index (χ4v) is 5.37. The van der Waals surface area contributed by atoms with Gasteiger partial charge in [-0.05, 0) is 66.7 Å². The molecule has 1 aliphatic heterocycles. The van der Waals surface area contributed by atoms with Gasteiger partial charge in [-0.1, -0.05) is 56.5 Å². The van der Waals surface area contributed by atoms with E-state index in [4.69, 9.17) is 4.74 Å². The van der Waals surface area contributed by atoms with Crippen LogP contribution in [0.25, 0.3) is 4.91 Å². The van der Waals surface area contributed by atoms with Gasteiger partial charge in [0.25, 0.3) is 0 Å². The summed E-state index contributed by atoms with van der Waals surface area (Å²) in [6.45, 7) is 4.13. The van der Waals surface area contributed by atoms with Crippen LogP contribution in [0.1, 0.15) is 44.6 Å². The number of para-hydroxylation sites is 1. The van der Waals surface area contributed by atoms with Crippen LogP contribution in [0.3, 0.4) is 0 Å². The fourth-order valence-electron chi connectivity index (χ4n) is 4.11. The highest BCUT2D eigenvalue weighted by atomic mass is 32.2. The van der Waals surface area contributed by atoms with Crippen molar-refractivity contribution in [2.75, 3.05) is 13.1 Å². The Labute approximate surface area is 166 Å². The summed E-state index contributed by atoms with van der Waals surface area (Å²) in [5.41, 5.74) is 2.94. The van der Waals surface area contributed by atoms with Crippen LogP contribution in [0, 0.1) is 0 Å². The van der Waals surface area contributed by atoms with Crippen molar-refractivity contribution in [2.45, 2.75) is 44.6 Å². The lowest BCUT2D eigenvalue weighted by molar-refractivity contribution is 0.321. The first kappa shape index (κ1) is 18.6. The van der Waals surface area contributed by atoms with Gasteiger partial charge in [0.05, 0.1) is 5.54 Å². The summed E-state index contributed by atoms with van der Waals surface area (Å²) in [7, 11) is 0. The molecule has 0 amide bonds. The molecule has 2 aromatic carbocycles. The number of likely N-dealkylation sites (N-methyl/N-ethyl adjacent to an activating group) is 1. The number of ether oxygens (including phenoxy) is 1. The third-order valence-electron chi connectivity index (χ3n) is 5.53. The van der Waals surface area contributed by atoms with E-state index in [1.54, 1.807) is 0 Å². The normalized spacial score (nSPS) is 18.9. The molecule has 0 unspecified atom stereocenters. The van der Waals surface area contributed by atoms with Crippen LogP contribution in [0.2, 0.25) is 0 Å². The van der Waals surface area contributed by atoms with E-state index in [1.165, 1.54) is 48.1 Å². The summed E-state index contributed by atoms with van der Waals surface area (Å²) in [5, 5.41) is 3.57. The molecule has 0 saturated heterocycles. The van der Waals surface area contributed by atoms with Crippen molar-refractivity contribution >= 4 is 16.9 Å². The van der Waals surface area contributed by atoms with E-state index >= 15 is 0 Å². The van der Waals surface area contributed by atoms with E-state index in [2.05, 4.69) is 35.2 Å². The van der Waals surface area contributed by atoms with Crippen molar-refractivity contribution in [3.63, 3.8) is 0 Å². The quantitative estimate of drug-likeness (QED) is 0.625. The number of nitrogens with one attached hydrogen (secondary N) is 2. The van der Waals surface area contributed by atoms with Gasteiger partial charge in [-0.25, -0.2) is 4.72 Å². The van der Waals surface area contributed by atoms with Gasteiger partial charge in [-0.2, -0.15) is 0 Å². The highest BCUT2D eigenvalue weighted by Gasteiger charge is 2.41. The van der Waals surface area contributed by atoms with Crippen LogP contribution in [0.5, 0.6) is 11.5 Å². The third kappa shape index (κ3) is 4.08. The second-order valence-electron chi connectivity index (χ2n) is 7.38. The van der Waals surface area contributed by atoms with Crippen molar-refractivity contribution < 1.29 is 4.74 Å². The number of hydrogen-bond acceptors (Lipinski definition) is 4. The fraction of sp³-hybridized carbons (Fsp3) is 0.391. The Kier molecular flexibility index (Phi) is 5.86. The lowest BCUT2D eigenvalue weighted by Gasteiger charge is -2.36. The molecule has 0 radical (unpaired) electrons. The molecule has 4 rings (SSSR count). The van der Waals surface area contributed by atoms with Crippen molar-refractivity contribution in [1.82, 2.24) is 10.0 Å². The summed E-state index contributed by atoms with van der Waals surface area (Å²) in [6, 6.07) is 18.5. The van der Waals surface area contributed by atoms with Gasteiger partial charge in [0.2, 0.25) is 0 Å². The van der Waals surface area contributed by atoms with Crippen LogP contribution < -0.4 is 14.8 Å². The molecule has 1 spiro atoms. The van der Waals surface area contributed by atoms with Gasteiger partial charge in [0, 0.05) is 11.4 Å². The summed E-state index contributed by atoms with van der Waals surface area (Å²) < 4.78 is 9.87. The Morgan fingerprint density at radius 1 is 1.00 bits per heavy atom. The van der Waals surface area contributed by atoms with Crippen LogP contribution in [0.4, 0.5) is 0 Å². The second kappa shape index (κ2) is 8.51.